The highest BCUT2D eigenvalue weighted by Gasteiger charge is 2.30. The van der Waals surface area contributed by atoms with Gasteiger partial charge in [-0.25, -0.2) is 4.79 Å². The van der Waals surface area contributed by atoms with Crippen molar-refractivity contribution < 1.29 is 14.7 Å². The van der Waals surface area contributed by atoms with E-state index in [1.807, 2.05) is 0 Å². The van der Waals surface area contributed by atoms with Crippen molar-refractivity contribution >= 4 is 12.0 Å². The van der Waals surface area contributed by atoms with Gasteiger partial charge in [-0.05, 0) is 45.2 Å². The van der Waals surface area contributed by atoms with Crippen LogP contribution in [-0.2, 0) is 4.79 Å². The second kappa shape index (κ2) is 6.23. The molecule has 19 heavy (non-hydrogen) atoms. The van der Waals surface area contributed by atoms with Gasteiger partial charge in [0.1, 0.15) is 0 Å². The fourth-order valence-corrected chi connectivity index (χ4v) is 3.00. The van der Waals surface area contributed by atoms with Crippen LogP contribution in [0.1, 0.15) is 25.7 Å². The minimum absolute atomic E-state index is 0.00681. The van der Waals surface area contributed by atoms with Crippen molar-refractivity contribution in [1.82, 2.24) is 15.5 Å². The molecule has 0 aromatic heterocycles. The Balaban J connectivity index is 1.63. The summed E-state index contributed by atoms with van der Waals surface area (Å²) in [6.07, 6.45) is 3.10. The zero-order valence-corrected chi connectivity index (χ0v) is 11.4. The van der Waals surface area contributed by atoms with E-state index >= 15 is 0 Å². The summed E-state index contributed by atoms with van der Waals surface area (Å²) in [5.41, 5.74) is 0. The van der Waals surface area contributed by atoms with Gasteiger partial charge in [0.25, 0.3) is 0 Å². The van der Waals surface area contributed by atoms with Crippen molar-refractivity contribution in [2.75, 3.05) is 26.7 Å². The molecule has 6 heteroatoms. The van der Waals surface area contributed by atoms with Crippen LogP contribution < -0.4 is 10.6 Å². The van der Waals surface area contributed by atoms with Crippen molar-refractivity contribution in [3.63, 3.8) is 0 Å². The Morgan fingerprint density at radius 2 is 2.11 bits per heavy atom. The van der Waals surface area contributed by atoms with E-state index in [0.717, 1.165) is 25.9 Å². The Labute approximate surface area is 113 Å². The number of carboxylic acid groups (broad SMARTS) is 1. The van der Waals surface area contributed by atoms with E-state index in [1.165, 1.54) is 0 Å². The molecule has 0 spiro atoms. The highest BCUT2D eigenvalue weighted by atomic mass is 16.4. The number of carbonyl (C=O) groups excluding carboxylic acids is 1. The van der Waals surface area contributed by atoms with Gasteiger partial charge in [0.05, 0.1) is 5.92 Å². The molecule has 0 aromatic carbocycles. The number of nitrogens with one attached hydrogen (secondary N) is 2. The van der Waals surface area contributed by atoms with Gasteiger partial charge in [0.2, 0.25) is 0 Å². The number of nitrogens with zero attached hydrogens (tertiary/aromatic N) is 1. The SMILES string of the molecule is CN1CCC(CNC(=O)N[C@H]2CC[C@@H](C(=O)O)C2)C1. The molecule has 1 saturated heterocycles. The van der Waals surface area contributed by atoms with E-state index < -0.39 is 5.97 Å². The standard InChI is InChI=1S/C13H23N3O3/c1-16-5-4-9(8-16)7-14-13(19)15-11-3-2-10(6-11)12(17)18/h9-11H,2-8H2,1H3,(H,17,18)(H2,14,15,19)/t9?,10-,11+/m1/s1. The number of urea groups is 1. The highest BCUT2D eigenvalue weighted by Crippen LogP contribution is 2.25. The predicted octanol–water partition coefficient (Wildman–Crippen LogP) is 0.491. The largest absolute Gasteiger partial charge is 0.481 e. The van der Waals surface area contributed by atoms with Crippen molar-refractivity contribution in [2.45, 2.75) is 31.7 Å². The van der Waals surface area contributed by atoms with Crippen LogP contribution in [0.5, 0.6) is 0 Å². The van der Waals surface area contributed by atoms with E-state index in [4.69, 9.17) is 5.11 Å². The maximum atomic E-state index is 11.7. The van der Waals surface area contributed by atoms with Crippen LogP contribution in [-0.4, -0.2) is 54.7 Å². The van der Waals surface area contributed by atoms with Crippen LogP contribution >= 0.6 is 0 Å². The molecule has 1 aliphatic heterocycles. The van der Waals surface area contributed by atoms with E-state index in [9.17, 15) is 9.59 Å². The summed E-state index contributed by atoms with van der Waals surface area (Å²) in [5.74, 6) is -0.515. The van der Waals surface area contributed by atoms with E-state index in [1.54, 1.807) is 0 Å². The van der Waals surface area contributed by atoms with Crippen LogP contribution in [0, 0.1) is 11.8 Å². The lowest BCUT2D eigenvalue weighted by atomic mass is 10.1. The Bertz CT molecular complexity index is 348. The number of likely N-dealkylation sites (tertiary alicyclic amines) is 1. The lowest BCUT2D eigenvalue weighted by Gasteiger charge is -2.15. The van der Waals surface area contributed by atoms with Gasteiger partial charge >= 0.3 is 12.0 Å². The molecule has 2 amide bonds. The Kier molecular flexibility index (Phi) is 4.63. The molecular weight excluding hydrogens is 246 g/mol. The number of rotatable bonds is 4. The van der Waals surface area contributed by atoms with E-state index in [-0.39, 0.29) is 18.0 Å². The molecule has 3 atom stereocenters. The predicted molar refractivity (Wildman–Crippen MR) is 70.9 cm³/mol. The average molecular weight is 269 g/mol. The van der Waals surface area contributed by atoms with E-state index in [2.05, 4.69) is 22.6 Å². The van der Waals surface area contributed by atoms with Crippen molar-refractivity contribution in [3.05, 3.63) is 0 Å². The monoisotopic (exact) mass is 269 g/mol. The molecule has 2 aliphatic rings. The molecule has 3 N–H and O–H groups in total. The summed E-state index contributed by atoms with van der Waals surface area (Å²) in [5, 5.41) is 14.7. The molecule has 2 rings (SSSR count). The van der Waals surface area contributed by atoms with Gasteiger partial charge in [0.15, 0.2) is 0 Å². The molecule has 0 radical (unpaired) electrons. The van der Waals surface area contributed by atoms with Gasteiger partial charge < -0.3 is 20.6 Å². The number of hydrogen-bond acceptors (Lipinski definition) is 3. The minimum Gasteiger partial charge on any atom is -0.481 e. The molecule has 1 heterocycles. The van der Waals surface area contributed by atoms with Gasteiger partial charge in [0, 0.05) is 19.1 Å². The molecule has 1 unspecified atom stereocenters. The fourth-order valence-electron chi connectivity index (χ4n) is 3.00. The smallest absolute Gasteiger partial charge is 0.315 e. The maximum Gasteiger partial charge on any atom is 0.315 e. The lowest BCUT2D eigenvalue weighted by molar-refractivity contribution is -0.141. The number of amides is 2. The van der Waals surface area contributed by atoms with Crippen LogP contribution in [0.3, 0.4) is 0 Å². The second-order valence-corrected chi connectivity index (χ2v) is 5.82. The number of hydrogen-bond donors (Lipinski definition) is 3. The summed E-state index contributed by atoms with van der Waals surface area (Å²) in [7, 11) is 2.09. The molecular formula is C13H23N3O3. The van der Waals surface area contributed by atoms with Crippen LogP contribution in [0.4, 0.5) is 4.79 Å². The summed E-state index contributed by atoms with van der Waals surface area (Å²) in [4.78, 5) is 24.8. The third-order valence-electron chi connectivity index (χ3n) is 4.16. The van der Waals surface area contributed by atoms with Gasteiger partial charge in [-0.1, -0.05) is 0 Å². The van der Waals surface area contributed by atoms with Gasteiger partial charge in [-0.2, -0.15) is 0 Å². The molecule has 1 saturated carbocycles. The summed E-state index contributed by atoms with van der Waals surface area (Å²) >= 11 is 0. The zero-order valence-electron chi connectivity index (χ0n) is 11.4. The first-order chi connectivity index (χ1) is 9.04. The summed E-state index contributed by atoms with van der Waals surface area (Å²) in [6.45, 7) is 2.83. The number of carbonyl (C=O) groups is 2. The van der Waals surface area contributed by atoms with Crippen molar-refractivity contribution in [2.24, 2.45) is 11.8 Å². The Morgan fingerprint density at radius 3 is 2.68 bits per heavy atom. The lowest BCUT2D eigenvalue weighted by Crippen LogP contribution is -2.43. The zero-order chi connectivity index (χ0) is 13.8. The topological polar surface area (TPSA) is 81.7 Å². The van der Waals surface area contributed by atoms with Crippen LogP contribution in [0.2, 0.25) is 0 Å². The average Bonchev–Trinajstić information content (AvgIpc) is 2.96. The number of aliphatic carboxylic acids is 1. The highest BCUT2D eigenvalue weighted by molar-refractivity contribution is 5.75. The van der Waals surface area contributed by atoms with E-state index in [0.29, 0.717) is 25.3 Å². The van der Waals surface area contributed by atoms with Crippen LogP contribution in [0.15, 0.2) is 0 Å². The van der Waals surface area contributed by atoms with Gasteiger partial charge in [-0.3, -0.25) is 4.79 Å². The first kappa shape index (κ1) is 14.1. The van der Waals surface area contributed by atoms with Crippen LogP contribution in [0.25, 0.3) is 0 Å². The Hall–Kier alpha value is -1.30. The molecule has 2 fully saturated rings. The fraction of sp³-hybridized carbons (Fsp3) is 0.846. The third-order valence-corrected chi connectivity index (χ3v) is 4.16. The van der Waals surface area contributed by atoms with Crippen molar-refractivity contribution in [3.8, 4) is 0 Å². The van der Waals surface area contributed by atoms with Gasteiger partial charge in [-0.15, -0.1) is 0 Å². The maximum absolute atomic E-state index is 11.7. The van der Waals surface area contributed by atoms with Crippen molar-refractivity contribution in [1.29, 1.82) is 0 Å². The molecule has 6 nitrogen and oxygen atoms in total. The summed E-state index contributed by atoms with van der Waals surface area (Å²) in [6, 6.07) is -0.155. The quantitative estimate of drug-likeness (QED) is 0.694. The summed E-state index contributed by atoms with van der Waals surface area (Å²) < 4.78 is 0. The third kappa shape index (κ3) is 4.09. The number of carboxylic acids is 1. The normalized spacial score (nSPS) is 31.3. The second-order valence-electron chi connectivity index (χ2n) is 5.82. The minimum atomic E-state index is -0.751. The first-order valence-corrected chi connectivity index (χ1v) is 7.00. The molecule has 0 aromatic rings. The Morgan fingerprint density at radius 1 is 1.32 bits per heavy atom. The molecule has 1 aliphatic carbocycles. The molecule has 0 bridgehead atoms. The molecule has 108 valence electrons. The first-order valence-electron chi connectivity index (χ1n) is 7.00.